The van der Waals surface area contributed by atoms with Crippen LogP contribution in [0.25, 0.3) is 0 Å². The van der Waals surface area contributed by atoms with Gasteiger partial charge >= 0.3 is 7.82 Å². The van der Waals surface area contributed by atoms with Crippen LogP contribution in [0.5, 0.6) is 0 Å². The Labute approximate surface area is 353 Å². The summed E-state index contributed by atoms with van der Waals surface area (Å²) in [5.41, 5.74) is 0. The molecule has 0 amide bonds. The van der Waals surface area contributed by atoms with Crippen LogP contribution in [-0.4, -0.2) is 187 Å². The lowest BCUT2D eigenvalue weighted by Gasteiger charge is -2.26. The van der Waals surface area contributed by atoms with Crippen LogP contribution >= 0.6 is 15.6 Å². The van der Waals surface area contributed by atoms with Crippen LogP contribution in [-0.2, 0) is 69.6 Å². The van der Waals surface area contributed by atoms with Gasteiger partial charge in [0.25, 0.3) is 7.82 Å². The molecule has 4 rings (SSSR count). The number of halogens is 2. The second-order valence-corrected chi connectivity index (χ2v) is 18.4. The van der Waals surface area contributed by atoms with Crippen LogP contribution in [0.3, 0.4) is 0 Å². The highest BCUT2D eigenvalue weighted by Gasteiger charge is 2.48. The van der Waals surface area contributed by atoms with E-state index in [9.17, 15) is 27.9 Å². The van der Waals surface area contributed by atoms with Crippen molar-refractivity contribution in [2.75, 3.05) is 40.6 Å². The van der Waals surface area contributed by atoms with Crippen molar-refractivity contribution in [1.29, 1.82) is 0 Å². The minimum atomic E-state index is -4.23. The molecule has 17 nitrogen and oxygen atoms in total. The van der Waals surface area contributed by atoms with E-state index in [1.54, 1.807) is 0 Å². The van der Waals surface area contributed by atoms with Crippen molar-refractivity contribution in [3.63, 3.8) is 0 Å². The van der Waals surface area contributed by atoms with Crippen molar-refractivity contribution in [1.82, 2.24) is 0 Å². The summed E-state index contributed by atoms with van der Waals surface area (Å²) in [4.78, 5) is 11.0. The van der Waals surface area contributed by atoms with Gasteiger partial charge in [-0.2, -0.15) is 0 Å². The van der Waals surface area contributed by atoms with E-state index in [4.69, 9.17) is 82.9 Å². The van der Waals surface area contributed by atoms with Gasteiger partial charge in [-0.3, -0.25) is 18.1 Å². The minimum Gasteiger partial charge on any atom is -0.756 e. The number of hydrogen-bond donors (Lipinski definition) is 1. The van der Waals surface area contributed by atoms with E-state index in [1.165, 1.54) is 0 Å². The standard InChI is InChI=1S/C17H30B2FO8P.C9H18BO6P.C8H14BFO3/c1-9(2)23-7-13-16(15(20)17(19)27-13)28-29(21,22-5)24-8-12-11(25-10(3)4)6-14(18)26-12;1-6(2)15-7-4-9(10)16-8(7)5-14-17(11,12)13-3;1-4(2)12-3-5-7(11)6(10)8(9)13-5/h9-17H,6-8H2,1-5H3;6-9H,4-5H2,1-3H3,(H,11,12);4-8,11H,3H2,1-2H3/p-1/t11?,12-,13-,14-,15?,16?,17-,29?;7?,8-,9-;5-,6?,7?,8-/m111/s1. The topological polar surface area (TPSA) is 197 Å². The van der Waals surface area contributed by atoms with Gasteiger partial charge in [-0.1, -0.05) is 0 Å². The molecule has 4 fully saturated rings. The molecule has 336 valence electrons. The van der Waals surface area contributed by atoms with E-state index in [-0.39, 0.29) is 63.1 Å². The molecule has 4 aliphatic rings. The number of aliphatic hydroxyl groups excluding tert-OH is 1. The summed E-state index contributed by atoms with van der Waals surface area (Å²) in [7, 11) is 16.1. The van der Waals surface area contributed by atoms with E-state index >= 15 is 0 Å². The zero-order valence-electron chi connectivity index (χ0n) is 35.6. The lowest BCUT2D eigenvalue weighted by molar-refractivity contribution is -0.225. The Morgan fingerprint density at radius 3 is 1.49 bits per heavy atom. The van der Waals surface area contributed by atoms with Crippen molar-refractivity contribution < 1.29 is 88.4 Å². The normalized spacial score (nSPS) is 36.7. The molecule has 25 heteroatoms. The van der Waals surface area contributed by atoms with Gasteiger partial charge in [0.2, 0.25) is 0 Å². The molecule has 8 radical (unpaired) electrons. The van der Waals surface area contributed by atoms with Crippen LogP contribution in [0.2, 0.25) is 0 Å². The van der Waals surface area contributed by atoms with Gasteiger partial charge < -0.3 is 56.9 Å². The Morgan fingerprint density at radius 1 is 0.644 bits per heavy atom. The van der Waals surface area contributed by atoms with Crippen molar-refractivity contribution in [3.05, 3.63) is 0 Å². The van der Waals surface area contributed by atoms with Gasteiger partial charge in [0.15, 0.2) is 0 Å². The predicted octanol–water partition coefficient (Wildman–Crippen LogP) is 2.08. The molecule has 0 aromatic rings. The highest BCUT2D eigenvalue weighted by molar-refractivity contribution is 7.48. The lowest BCUT2D eigenvalue weighted by Crippen LogP contribution is -2.36. The van der Waals surface area contributed by atoms with Crippen LogP contribution in [0.15, 0.2) is 0 Å². The molecule has 1 N–H and O–H groups in total. The summed E-state index contributed by atoms with van der Waals surface area (Å²) >= 11 is 0. The number of phosphoric acid groups is 2. The molecule has 8 unspecified atom stereocenters. The molecule has 4 saturated heterocycles. The third-order valence-corrected chi connectivity index (χ3v) is 11.0. The third kappa shape index (κ3) is 19.3. The Morgan fingerprint density at radius 2 is 1.08 bits per heavy atom. The highest BCUT2D eigenvalue weighted by Crippen LogP contribution is 2.52. The van der Waals surface area contributed by atoms with Crippen molar-refractivity contribution in [2.45, 2.75) is 178 Å². The second-order valence-electron chi connectivity index (χ2n) is 15.2. The number of phosphoric ester groups is 2. The largest absolute Gasteiger partial charge is 0.756 e. The first-order valence-electron chi connectivity index (χ1n) is 19.5. The third-order valence-electron chi connectivity index (χ3n) is 8.71. The quantitative estimate of drug-likeness (QED) is 0.138. The monoisotopic (exact) mass is 885 g/mol. The van der Waals surface area contributed by atoms with Gasteiger partial charge in [0.1, 0.15) is 80.4 Å². The Bertz CT molecular complexity index is 1290. The Balaban J connectivity index is 0.000000337. The van der Waals surface area contributed by atoms with Gasteiger partial charge in [-0.05, 0) is 68.2 Å². The molecule has 0 aromatic carbocycles. The first-order valence-corrected chi connectivity index (χ1v) is 22.5. The molecule has 0 spiro atoms. The summed E-state index contributed by atoms with van der Waals surface area (Å²) in [6.07, 6.45) is -7.98. The molecular weight excluding hydrogens is 824 g/mol. The molecule has 16 atom stereocenters. The number of hydrogen-bond acceptors (Lipinski definition) is 17. The summed E-state index contributed by atoms with van der Waals surface area (Å²) in [6, 6.07) is -3.24. The number of alkyl halides is 2. The molecule has 0 aromatic heterocycles. The van der Waals surface area contributed by atoms with E-state index < -0.39 is 88.6 Å². The first-order chi connectivity index (χ1) is 27.4. The summed E-state index contributed by atoms with van der Waals surface area (Å²) in [5, 5.41) is 9.28. The maximum absolute atomic E-state index is 14.5. The fourth-order valence-electron chi connectivity index (χ4n) is 5.91. The minimum absolute atomic E-state index is 0.0119. The highest BCUT2D eigenvalue weighted by atomic mass is 31.2. The van der Waals surface area contributed by atoms with Crippen molar-refractivity contribution >= 4 is 47.0 Å². The Kier molecular flexibility index (Phi) is 24.3. The predicted molar refractivity (Wildman–Crippen MR) is 211 cm³/mol. The number of aliphatic hydroxyl groups is 1. The van der Waals surface area contributed by atoms with Crippen LogP contribution in [0.4, 0.5) is 8.78 Å². The molecular formula is C34H61B4F2O17P2-. The van der Waals surface area contributed by atoms with E-state index in [0.29, 0.717) is 12.8 Å². The van der Waals surface area contributed by atoms with Gasteiger partial charge in [0.05, 0.1) is 75.1 Å². The van der Waals surface area contributed by atoms with Gasteiger partial charge in [-0.15, -0.1) is 0 Å². The van der Waals surface area contributed by atoms with Crippen LogP contribution in [0.1, 0.15) is 68.2 Å². The maximum atomic E-state index is 14.5. The summed E-state index contributed by atoms with van der Waals surface area (Å²) in [5.74, 6) is 0. The smallest absolute Gasteiger partial charge is 0.475 e. The first kappa shape index (κ1) is 55.1. The average Bonchev–Trinajstić information content (AvgIpc) is 3.84. The van der Waals surface area contributed by atoms with E-state index in [2.05, 4.69) is 9.05 Å². The zero-order chi connectivity index (χ0) is 44.8. The van der Waals surface area contributed by atoms with E-state index in [1.807, 2.05) is 55.4 Å². The van der Waals surface area contributed by atoms with Gasteiger partial charge in [-0.25, -0.2) is 13.3 Å². The Hall–Kier alpha value is -0.0203. The number of ether oxygens (including phenoxy) is 8. The molecule has 0 bridgehead atoms. The second kappa shape index (κ2) is 26.1. The molecule has 0 aliphatic carbocycles. The van der Waals surface area contributed by atoms with Crippen molar-refractivity contribution in [3.8, 4) is 0 Å². The fourth-order valence-corrected chi connectivity index (χ4v) is 7.48. The lowest BCUT2D eigenvalue weighted by atomic mass is 9.94. The van der Waals surface area contributed by atoms with Crippen LogP contribution < -0.4 is 4.89 Å². The molecule has 4 aliphatic heterocycles. The number of rotatable bonds is 20. The van der Waals surface area contributed by atoms with E-state index in [0.717, 1.165) is 14.2 Å². The molecule has 4 heterocycles. The fraction of sp³-hybridized carbons (Fsp3) is 1.00. The SMILES string of the molecule is [B][C@@H]1O[C@H](COC(C)C)C(O)C1F.[B][C@@H]1O[C@H](COC(C)C)C(OP(=O)(OC)OC[C@H]2O[C@@H]([B])CC2OC(C)C)C1F.[B][C@H]1CC(OC(C)C)[C@@H](COP(=O)([O-])OC)O1. The zero-order valence-corrected chi connectivity index (χ0v) is 37.4. The van der Waals surface area contributed by atoms with Gasteiger partial charge in [0, 0.05) is 26.2 Å². The molecule has 0 saturated carbocycles. The molecule has 59 heavy (non-hydrogen) atoms. The van der Waals surface area contributed by atoms with Crippen LogP contribution in [0, 0.1) is 0 Å². The maximum Gasteiger partial charge on any atom is 0.475 e. The van der Waals surface area contributed by atoms with Crippen molar-refractivity contribution in [2.24, 2.45) is 0 Å². The summed E-state index contributed by atoms with van der Waals surface area (Å²) < 4.78 is 119. The summed E-state index contributed by atoms with van der Waals surface area (Å²) in [6.45, 7) is 14.8. The average molecular weight is 885 g/mol.